The molecule has 0 bridgehead atoms. The summed E-state index contributed by atoms with van der Waals surface area (Å²) in [6.07, 6.45) is 2.46. The summed E-state index contributed by atoms with van der Waals surface area (Å²) in [5.74, 6) is 0.977. The van der Waals surface area contributed by atoms with Crippen molar-refractivity contribution in [3.8, 4) is 5.75 Å². The zero-order valence-electron chi connectivity index (χ0n) is 11.6. The molecule has 100 valence electrons. The lowest BCUT2D eigenvalue weighted by atomic mass is 10.0. The molecule has 0 aliphatic carbocycles. The molecule has 0 aromatic heterocycles. The van der Waals surface area contributed by atoms with Gasteiger partial charge in [0.25, 0.3) is 0 Å². The first-order valence-electron chi connectivity index (χ1n) is 6.78. The van der Waals surface area contributed by atoms with Crippen LogP contribution in [-0.4, -0.2) is 38.2 Å². The number of nitrogens with one attached hydrogen (secondary N) is 1. The van der Waals surface area contributed by atoms with E-state index in [2.05, 4.69) is 36.3 Å². The van der Waals surface area contributed by atoms with Crippen LogP contribution in [0.4, 0.5) is 0 Å². The molecule has 0 spiro atoms. The van der Waals surface area contributed by atoms with Crippen LogP contribution in [0.15, 0.2) is 24.3 Å². The number of piperidine rings is 1. The van der Waals surface area contributed by atoms with Gasteiger partial charge >= 0.3 is 0 Å². The second kappa shape index (κ2) is 6.21. The molecule has 1 aliphatic heterocycles. The fourth-order valence-electron chi connectivity index (χ4n) is 2.64. The van der Waals surface area contributed by atoms with Crippen molar-refractivity contribution in [3.63, 3.8) is 0 Å². The largest absolute Gasteiger partial charge is 0.496 e. The highest BCUT2D eigenvalue weighted by Gasteiger charge is 2.19. The number of benzene rings is 1. The Morgan fingerprint density at radius 2 is 1.94 bits per heavy atom. The van der Waals surface area contributed by atoms with E-state index in [4.69, 9.17) is 4.74 Å². The molecule has 1 saturated heterocycles. The first-order chi connectivity index (χ1) is 8.70. The molecule has 0 amide bonds. The average molecular weight is 248 g/mol. The molecule has 0 saturated carbocycles. The number of para-hydroxylation sites is 1. The van der Waals surface area contributed by atoms with Gasteiger partial charge in [0.05, 0.1) is 7.11 Å². The zero-order chi connectivity index (χ0) is 13.0. The van der Waals surface area contributed by atoms with Crippen molar-refractivity contribution in [2.75, 3.05) is 27.2 Å². The van der Waals surface area contributed by atoms with Crippen molar-refractivity contribution in [2.45, 2.75) is 31.8 Å². The van der Waals surface area contributed by atoms with E-state index in [1.165, 1.54) is 31.5 Å². The van der Waals surface area contributed by atoms with Crippen LogP contribution in [0.1, 0.15) is 31.4 Å². The van der Waals surface area contributed by atoms with Gasteiger partial charge in [-0.1, -0.05) is 18.2 Å². The molecule has 1 N–H and O–H groups in total. The van der Waals surface area contributed by atoms with Crippen molar-refractivity contribution in [1.82, 2.24) is 10.2 Å². The highest BCUT2D eigenvalue weighted by molar-refractivity contribution is 5.35. The third kappa shape index (κ3) is 3.24. The van der Waals surface area contributed by atoms with Gasteiger partial charge in [-0.2, -0.15) is 0 Å². The number of hydrogen-bond donors (Lipinski definition) is 1. The molecular formula is C15H24N2O. The van der Waals surface area contributed by atoms with Gasteiger partial charge in [-0.15, -0.1) is 0 Å². The maximum atomic E-state index is 5.42. The van der Waals surface area contributed by atoms with Gasteiger partial charge in [0.2, 0.25) is 0 Å². The van der Waals surface area contributed by atoms with Gasteiger partial charge in [0, 0.05) is 17.6 Å². The molecule has 1 heterocycles. The Labute approximate surface area is 110 Å². The lowest BCUT2D eigenvalue weighted by Crippen LogP contribution is -2.41. The Hall–Kier alpha value is -1.06. The normalized spacial score (nSPS) is 19.7. The van der Waals surface area contributed by atoms with Crippen LogP contribution in [-0.2, 0) is 0 Å². The lowest BCUT2D eigenvalue weighted by molar-refractivity contribution is 0.226. The van der Waals surface area contributed by atoms with Crippen LogP contribution in [0.25, 0.3) is 0 Å². The summed E-state index contributed by atoms with van der Waals surface area (Å²) in [5, 5.41) is 3.72. The van der Waals surface area contributed by atoms with Crippen LogP contribution in [0, 0.1) is 0 Å². The van der Waals surface area contributed by atoms with E-state index >= 15 is 0 Å². The number of hydrogen-bond acceptors (Lipinski definition) is 3. The minimum absolute atomic E-state index is 0.342. The molecular weight excluding hydrogens is 224 g/mol. The maximum absolute atomic E-state index is 5.42. The Bertz CT molecular complexity index is 373. The van der Waals surface area contributed by atoms with E-state index in [1.54, 1.807) is 7.11 Å². The second-order valence-corrected chi connectivity index (χ2v) is 5.21. The third-order valence-corrected chi connectivity index (χ3v) is 3.81. The number of nitrogens with zero attached hydrogens (tertiary/aromatic N) is 1. The summed E-state index contributed by atoms with van der Waals surface area (Å²) < 4.78 is 5.42. The SMILES string of the molecule is COc1ccccc1C(C)NC1CCN(C)CC1. The van der Waals surface area contributed by atoms with Gasteiger partial charge in [-0.3, -0.25) is 0 Å². The Morgan fingerprint density at radius 1 is 1.28 bits per heavy atom. The van der Waals surface area contributed by atoms with Crippen molar-refractivity contribution >= 4 is 0 Å². The third-order valence-electron chi connectivity index (χ3n) is 3.81. The van der Waals surface area contributed by atoms with Crippen LogP contribution in [0.3, 0.4) is 0 Å². The topological polar surface area (TPSA) is 24.5 Å². The quantitative estimate of drug-likeness (QED) is 0.885. The van der Waals surface area contributed by atoms with Gasteiger partial charge in [-0.05, 0) is 46.0 Å². The summed E-state index contributed by atoms with van der Waals surface area (Å²) in [5.41, 5.74) is 1.25. The summed E-state index contributed by atoms with van der Waals surface area (Å²) in [6.45, 7) is 4.60. The monoisotopic (exact) mass is 248 g/mol. The van der Waals surface area contributed by atoms with E-state index in [0.717, 1.165) is 5.75 Å². The molecule has 3 heteroatoms. The van der Waals surface area contributed by atoms with E-state index in [1.807, 2.05) is 12.1 Å². The Kier molecular flexibility index (Phi) is 4.61. The molecule has 1 aliphatic rings. The van der Waals surface area contributed by atoms with Crippen molar-refractivity contribution in [1.29, 1.82) is 0 Å². The molecule has 1 atom stereocenters. The molecule has 2 rings (SSSR count). The molecule has 0 radical (unpaired) electrons. The minimum Gasteiger partial charge on any atom is -0.496 e. The smallest absolute Gasteiger partial charge is 0.123 e. The molecule has 1 fully saturated rings. The van der Waals surface area contributed by atoms with Crippen LogP contribution in [0.2, 0.25) is 0 Å². The highest BCUT2D eigenvalue weighted by Crippen LogP contribution is 2.25. The van der Waals surface area contributed by atoms with Gasteiger partial charge < -0.3 is 15.0 Å². The van der Waals surface area contributed by atoms with E-state index in [0.29, 0.717) is 12.1 Å². The summed E-state index contributed by atoms with van der Waals surface area (Å²) >= 11 is 0. The van der Waals surface area contributed by atoms with Crippen molar-refractivity contribution in [3.05, 3.63) is 29.8 Å². The summed E-state index contributed by atoms with van der Waals surface area (Å²) in [6, 6.07) is 9.23. The Morgan fingerprint density at radius 3 is 2.61 bits per heavy atom. The number of rotatable bonds is 4. The fourth-order valence-corrected chi connectivity index (χ4v) is 2.64. The van der Waals surface area contributed by atoms with Crippen LogP contribution in [0.5, 0.6) is 5.75 Å². The number of ether oxygens (including phenoxy) is 1. The minimum atomic E-state index is 0.342. The van der Waals surface area contributed by atoms with Gasteiger partial charge in [-0.25, -0.2) is 0 Å². The van der Waals surface area contributed by atoms with Gasteiger partial charge in [0.15, 0.2) is 0 Å². The standard InChI is InChI=1S/C15H24N2O/c1-12(14-6-4-5-7-15(14)18-3)16-13-8-10-17(2)11-9-13/h4-7,12-13,16H,8-11H2,1-3H3. The summed E-state index contributed by atoms with van der Waals surface area (Å²) in [4.78, 5) is 2.39. The molecule has 18 heavy (non-hydrogen) atoms. The molecule has 3 nitrogen and oxygen atoms in total. The first kappa shape index (κ1) is 13.4. The molecule has 1 aromatic rings. The Balaban J connectivity index is 1.96. The van der Waals surface area contributed by atoms with Gasteiger partial charge in [0.1, 0.15) is 5.75 Å². The lowest BCUT2D eigenvalue weighted by Gasteiger charge is -2.32. The predicted molar refractivity (Wildman–Crippen MR) is 75.1 cm³/mol. The highest BCUT2D eigenvalue weighted by atomic mass is 16.5. The maximum Gasteiger partial charge on any atom is 0.123 e. The van der Waals surface area contributed by atoms with E-state index in [9.17, 15) is 0 Å². The van der Waals surface area contributed by atoms with Crippen molar-refractivity contribution < 1.29 is 4.74 Å². The number of likely N-dealkylation sites (tertiary alicyclic amines) is 1. The zero-order valence-corrected chi connectivity index (χ0v) is 11.6. The van der Waals surface area contributed by atoms with E-state index < -0.39 is 0 Å². The number of methoxy groups -OCH3 is 1. The molecule has 1 unspecified atom stereocenters. The van der Waals surface area contributed by atoms with Crippen LogP contribution < -0.4 is 10.1 Å². The predicted octanol–water partition coefficient (Wildman–Crippen LogP) is 2.44. The van der Waals surface area contributed by atoms with E-state index in [-0.39, 0.29) is 0 Å². The second-order valence-electron chi connectivity index (χ2n) is 5.21. The fraction of sp³-hybridized carbons (Fsp3) is 0.600. The summed E-state index contributed by atoms with van der Waals surface area (Å²) in [7, 11) is 3.93. The average Bonchev–Trinajstić information content (AvgIpc) is 2.41. The molecule has 1 aromatic carbocycles. The first-order valence-corrected chi connectivity index (χ1v) is 6.78. The van der Waals surface area contributed by atoms with Crippen LogP contribution >= 0.6 is 0 Å². The van der Waals surface area contributed by atoms with Crippen molar-refractivity contribution in [2.24, 2.45) is 0 Å².